The topological polar surface area (TPSA) is 75.7 Å². The zero-order chi connectivity index (χ0) is 14.3. The quantitative estimate of drug-likeness (QED) is 0.839. The molecule has 1 amide bonds. The van der Waals surface area contributed by atoms with Crippen molar-refractivity contribution in [2.24, 2.45) is 0 Å². The molecular weight excluding hydrogens is 268 g/mol. The van der Waals surface area contributed by atoms with Gasteiger partial charge in [0, 0.05) is 20.6 Å². The number of alkyl carbamates (subject to hydrolysis) is 1. The van der Waals surface area contributed by atoms with Crippen LogP contribution in [0.2, 0.25) is 0 Å². The Kier molecular flexibility index (Phi) is 5.78. The summed E-state index contributed by atoms with van der Waals surface area (Å²) in [6.45, 7) is 0.182. The van der Waals surface area contributed by atoms with E-state index in [2.05, 4.69) is 5.32 Å². The third-order valence-electron chi connectivity index (χ3n) is 2.40. The van der Waals surface area contributed by atoms with Gasteiger partial charge in [-0.15, -0.1) is 0 Å². The van der Waals surface area contributed by atoms with Gasteiger partial charge in [-0.2, -0.15) is 0 Å². The van der Waals surface area contributed by atoms with Crippen LogP contribution in [0.1, 0.15) is 5.56 Å². The highest BCUT2D eigenvalue weighted by atomic mass is 32.2. The second-order valence-corrected chi connectivity index (χ2v) is 6.39. The van der Waals surface area contributed by atoms with Crippen molar-refractivity contribution in [2.75, 3.05) is 26.4 Å². The van der Waals surface area contributed by atoms with Gasteiger partial charge in [-0.3, -0.25) is 0 Å². The molecule has 0 saturated carbocycles. The van der Waals surface area contributed by atoms with Crippen LogP contribution in [0, 0.1) is 0 Å². The van der Waals surface area contributed by atoms with E-state index in [-0.39, 0.29) is 18.9 Å². The Bertz CT molecular complexity index is 500. The summed E-state index contributed by atoms with van der Waals surface area (Å²) in [7, 11) is -0.403. The molecular formula is C12H18N2O4S. The van der Waals surface area contributed by atoms with Gasteiger partial charge < -0.3 is 10.1 Å². The first kappa shape index (κ1) is 15.5. The maximum atomic E-state index is 11.4. The summed E-state index contributed by atoms with van der Waals surface area (Å²) in [5, 5.41) is 2.40. The molecule has 7 heteroatoms. The van der Waals surface area contributed by atoms with E-state index in [0.29, 0.717) is 0 Å². The third kappa shape index (κ3) is 5.71. The molecule has 1 aromatic carbocycles. The van der Waals surface area contributed by atoms with E-state index >= 15 is 0 Å². The van der Waals surface area contributed by atoms with E-state index < -0.39 is 16.1 Å². The Morgan fingerprint density at radius 2 is 1.89 bits per heavy atom. The zero-order valence-electron chi connectivity index (χ0n) is 11.0. The minimum Gasteiger partial charge on any atom is -0.445 e. The van der Waals surface area contributed by atoms with Crippen LogP contribution in [0.5, 0.6) is 0 Å². The molecule has 1 rings (SSSR count). The van der Waals surface area contributed by atoms with Crippen LogP contribution in [-0.2, 0) is 21.4 Å². The number of carbonyl (C=O) groups excluding carboxylic acids is 1. The smallest absolute Gasteiger partial charge is 0.407 e. The Labute approximate surface area is 113 Å². The first-order chi connectivity index (χ1) is 8.92. The molecule has 1 aromatic rings. The minimum absolute atomic E-state index is 0.0220. The second kappa shape index (κ2) is 7.10. The maximum Gasteiger partial charge on any atom is 0.407 e. The van der Waals surface area contributed by atoms with Gasteiger partial charge in [-0.05, 0) is 5.56 Å². The van der Waals surface area contributed by atoms with Crippen LogP contribution in [0.25, 0.3) is 0 Å². The summed E-state index contributed by atoms with van der Waals surface area (Å²) in [6, 6.07) is 9.24. The van der Waals surface area contributed by atoms with E-state index in [1.165, 1.54) is 14.1 Å². The van der Waals surface area contributed by atoms with Gasteiger partial charge in [0.25, 0.3) is 0 Å². The number of amides is 1. The van der Waals surface area contributed by atoms with E-state index in [0.717, 1.165) is 9.87 Å². The van der Waals surface area contributed by atoms with Crippen LogP contribution in [0.3, 0.4) is 0 Å². The predicted octanol–water partition coefficient (Wildman–Crippen LogP) is 0.804. The van der Waals surface area contributed by atoms with Crippen LogP contribution in [0.15, 0.2) is 30.3 Å². The summed E-state index contributed by atoms with van der Waals surface area (Å²) >= 11 is 0. The molecule has 0 spiro atoms. The molecule has 19 heavy (non-hydrogen) atoms. The lowest BCUT2D eigenvalue weighted by atomic mass is 10.2. The van der Waals surface area contributed by atoms with Gasteiger partial charge in [0.2, 0.25) is 10.0 Å². The minimum atomic E-state index is -3.30. The van der Waals surface area contributed by atoms with Crippen LogP contribution in [0.4, 0.5) is 4.79 Å². The zero-order valence-corrected chi connectivity index (χ0v) is 11.8. The molecule has 0 aliphatic rings. The highest BCUT2D eigenvalue weighted by Crippen LogP contribution is 2.00. The number of rotatable bonds is 6. The molecule has 0 heterocycles. The monoisotopic (exact) mass is 286 g/mol. The Hall–Kier alpha value is -1.60. The fourth-order valence-corrected chi connectivity index (χ4v) is 1.96. The molecule has 0 aromatic heterocycles. The second-order valence-electron chi connectivity index (χ2n) is 4.09. The highest BCUT2D eigenvalue weighted by Gasteiger charge is 2.13. The molecule has 0 aliphatic carbocycles. The Morgan fingerprint density at radius 1 is 1.26 bits per heavy atom. The van der Waals surface area contributed by atoms with Crippen molar-refractivity contribution in [3.05, 3.63) is 35.9 Å². The van der Waals surface area contributed by atoms with E-state index in [9.17, 15) is 13.2 Å². The SMILES string of the molecule is CN(C)S(=O)(=O)CCNC(=O)OCc1ccccc1. The molecule has 0 atom stereocenters. The average molecular weight is 286 g/mol. The molecule has 0 fully saturated rings. The average Bonchev–Trinajstić information content (AvgIpc) is 2.37. The normalized spacial score (nSPS) is 11.3. The van der Waals surface area contributed by atoms with Crippen molar-refractivity contribution in [3.63, 3.8) is 0 Å². The molecule has 1 N–H and O–H groups in total. The van der Waals surface area contributed by atoms with E-state index in [4.69, 9.17) is 4.74 Å². The van der Waals surface area contributed by atoms with Crippen molar-refractivity contribution >= 4 is 16.1 Å². The highest BCUT2D eigenvalue weighted by molar-refractivity contribution is 7.89. The Morgan fingerprint density at radius 3 is 2.47 bits per heavy atom. The third-order valence-corrected chi connectivity index (χ3v) is 4.23. The number of carbonyl (C=O) groups is 1. The van der Waals surface area contributed by atoms with Crippen LogP contribution in [-0.4, -0.2) is 45.2 Å². The van der Waals surface area contributed by atoms with Gasteiger partial charge in [0.15, 0.2) is 0 Å². The molecule has 0 aliphatic heterocycles. The summed E-state index contributed by atoms with van der Waals surface area (Å²) in [4.78, 5) is 11.3. The summed E-state index contributed by atoms with van der Waals surface area (Å²) in [5.41, 5.74) is 0.874. The van der Waals surface area contributed by atoms with Crippen molar-refractivity contribution < 1.29 is 17.9 Å². The summed E-state index contributed by atoms with van der Waals surface area (Å²) in [6.07, 6.45) is -0.627. The van der Waals surface area contributed by atoms with Crippen molar-refractivity contribution in [3.8, 4) is 0 Å². The van der Waals surface area contributed by atoms with Gasteiger partial charge in [0.1, 0.15) is 6.61 Å². The fourth-order valence-electron chi connectivity index (χ4n) is 1.24. The van der Waals surface area contributed by atoms with E-state index in [1.807, 2.05) is 30.3 Å². The van der Waals surface area contributed by atoms with Crippen molar-refractivity contribution in [1.82, 2.24) is 9.62 Å². The molecule has 0 radical (unpaired) electrons. The number of benzene rings is 1. The van der Waals surface area contributed by atoms with Crippen molar-refractivity contribution in [1.29, 1.82) is 0 Å². The van der Waals surface area contributed by atoms with Crippen molar-refractivity contribution in [2.45, 2.75) is 6.61 Å². The number of ether oxygens (including phenoxy) is 1. The summed E-state index contributed by atoms with van der Waals surface area (Å²) in [5.74, 6) is -0.152. The number of hydrogen-bond donors (Lipinski definition) is 1. The maximum absolute atomic E-state index is 11.4. The number of nitrogens with one attached hydrogen (secondary N) is 1. The standard InChI is InChI=1S/C12H18N2O4S/c1-14(2)19(16,17)9-8-13-12(15)18-10-11-6-4-3-5-7-11/h3-7H,8-10H2,1-2H3,(H,13,15). The molecule has 0 saturated heterocycles. The number of nitrogens with zero attached hydrogens (tertiary/aromatic N) is 1. The fraction of sp³-hybridized carbons (Fsp3) is 0.417. The number of sulfonamides is 1. The predicted molar refractivity (Wildman–Crippen MR) is 72.1 cm³/mol. The molecule has 0 bridgehead atoms. The first-order valence-electron chi connectivity index (χ1n) is 5.76. The van der Waals surface area contributed by atoms with Crippen LogP contribution >= 0.6 is 0 Å². The molecule has 0 unspecified atom stereocenters. The number of hydrogen-bond acceptors (Lipinski definition) is 4. The molecule has 6 nitrogen and oxygen atoms in total. The van der Waals surface area contributed by atoms with Gasteiger partial charge in [-0.1, -0.05) is 30.3 Å². The van der Waals surface area contributed by atoms with Crippen LogP contribution < -0.4 is 5.32 Å². The lowest BCUT2D eigenvalue weighted by molar-refractivity contribution is 0.140. The van der Waals surface area contributed by atoms with Gasteiger partial charge >= 0.3 is 6.09 Å². The first-order valence-corrected chi connectivity index (χ1v) is 7.37. The largest absolute Gasteiger partial charge is 0.445 e. The van der Waals surface area contributed by atoms with Gasteiger partial charge in [-0.25, -0.2) is 17.5 Å². The molecule has 106 valence electrons. The summed E-state index contributed by atoms with van der Waals surface area (Å²) < 4.78 is 28.9. The lowest BCUT2D eigenvalue weighted by Gasteiger charge is -2.11. The van der Waals surface area contributed by atoms with E-state index in [1.54, 1.807) is 0 Å². The van der Waals surface area contributed by atoms with Gasteiger partial charge in [0.05, 0.1) is 5.75 Å². The Balaban J connectivity index is 2.26. The lowest BCUT2D eigenvalue weighted by Crippen LogP contribution is -2.34.